The van der Waals surface area contributed by atoms with Crippen LogP contribution in [0, 0.1) is 0 Å². The number of nitrogens with zero attached hydrogens (tertiary/aromatic N) is 1. The smallest absolute Gasteiger partial charge is 0.413 e. The highest BCUT2D eigenvalue weighted by atomic mass is 31.3. The lowest BCUT2D eigenvalue weighted by Crippen LogP contribution is -2.34. The average molecular weight is 249 g/mol. The molecule has 0 amide bonds. The van der Waals surface area contributed by atoms with Crippen molar-refractivity contribution < 1.29 is 38.6 Å². The van der Waals surface area contributed by atoms with Gasteiger partial charge >= 0.3 is 21.5 Å². The Morgan fingerprint density at radius 3 is 1.50 bits per heavy atom. The minimum absolute atomic E-state index is 0.650. The van der Waals surface area contributed by atoms with Gasteiger partial charge in [-0.05, 0) is 6.92 Å². The molecule has 5 N–H and O–H groups in total. The number of hydrogen-bond donors (Lipinski definition) is 5. The summed E-state index contributed by atoms with van der Waals surface area (Å²) in [5, 5.41) is 8.35. The normalized spacial score (nSPS) is 15.6. The zero-order valence-electron chi connectivity index (χ0n) is 6.88. The molecule has 0 saturated carbocycles. The van der Waals surface area contributed by atoms with E-state index >= 15 is 0 Å². The van der Waals surface area contributed by atoms with Crippen LogP contribution in [0.4, 0.5) is 0 Å². The van der Waals surface area contributed by atoms with Crippen LogP contribution in [0.2, 0.25) is 0 Å². The van der Waals surface area contributed by atoms with Crippen LogP contribution in [0.25, 0.3) is 0 Å². The molecule has 9 nitrogen and oxygen atoms in total. The third-order valence-electron chi connectivity index (χ3n) is 1.24. The second-order valence-electron chi connectivity index (χ2n) is 2.36. The maximum Gasteiger partial charge on any atom is 0.413 e. The summed E-state index contributed by atoms with van der Waals surface area (Å²) < 4.78 is 20.5. The second-order valence-corrected chi connectivity index (χ2v) is 5.59. The van der Waals surface area contributed by atoms with Gasteiger partial charge in [0.15, 0.2) is 0 Å². The Kier molecular flexibility index (Phi) is 4.00. The molecule has 0 unspecified atom stereocenters. The fraction of sp³-hybridized carbons (Fsp3) is 0.667. The van der Waals surface area contributed by atoms with Crippen molar-refractivity contribution in [3.05, 3.63) is 0 Å². The average Bonchev–Trinajstić information content (AvgIpc) is 1.79. The van der Waals surface area contributed by atoms with E-state index < -0.39 is 31.9 Å². The third-order valence-corrected chi connectivity index (χ3v) is 4.40. The molecular formula is C3H9NO8P2. The van der Waals surface area contributed by atoms with Gasteiger partial charge in [-0.3, -0.25) is 4.79 Å². The van der Waals surface area contributed by atoms with E-state index in [2.05, 4.69) is 0 Å². The van der Waals surface area contributed by atoms with Gasteiger partial charge in [0.25, 0.3) is 0 Å². The number of hydrogen-bond acceptors (Lipinski definition) is 3. The van der Waals surface area contributed by atoms with Crippen molar-refractivity contribution in [2.45, 2.75) is 13.0 Å². The summed E-state index contributed by atoms with van der Waals surface area (Å²) >= 11 is 0. The standard InChI is InChI=1S/C3H9NO8P2/c1-2(3(5)6)4(13(7,8)9)14(10,11)12/h2H,1H3,(H,5,6)(H2,7,8,9)(H2,10,11,12)/t2-/m0/s1. The highest BCUT2D eigenvalue weighted by Gasteiger charge is 2.46. The molecule has 0 aliphatic carbocycles. The predicted molar refractivity (Wildman–Crippen MR) is 43.0 cm³/mol. The maximum atomic E-state index is 10.6. The van der Waals surface area contributed by atoms with Gasteiger partial charge in [0.1, 0.15) is 6.04 Å². The summed E-state index contributed by atoms with van der Waals surface area (Å²) in [6, 6.07) is -1.99. The summed E-state index contributed by atoms with van der Waals surface area (Å²) in [5.41, 5.74) is 0. The zero-order valence-corrected chi connectivity index (χ0v) is 8.67. The molecule has 0 rings (SSSR count). The van der Waals surface area contributed by atoms with Gasteiger partial charge in [0, 0.05) is 0 Å². The molecule has 0 aromatic heterocycles. The first-order valence-corrected chi connectivity index (χ1v) is 6.25. The molecule has 0 radical (unpaired) electrons. The van der Waals surface area contributed by atoms with Gasteiger partial charge in [-0.1, -0.05) is 4.44 Å². The lowest BCUT2D eigenvalue weighted by molar-refractivity contribution is -0.140. The van der Waals surface area contributed by atoms with Crippen molar-refractivity contribution in [1.82, 2.24) is 4.44 Å². The van der Waals surface area contributed by atoms with Gasteiger partial charge in [-0.15, -0.1) is 0 Å². The third kappa shape index (κ3) is 3.47. The van der Waals surface area contributed by atoms with Crippen molar-refractivity contribution >= 4 is 21.5 Å². The first-order valence-electron chi connectivity index (χ1n) is 3.12. The van der Waals surface area contributed by atoms with Crippen molar-refractivity contribution in [2.75, 3.05) is 0 Å². The molecule has 0 bridgehead atoms. The molecule has 0 aromatic carbocycles. The summed E-state index contributed by atoms with van der Waals surface area (Å²) in [6.07, 6.45) is 0. The Morgan fingerprint density at radius 1 is 1.14 bits per heavy atom. The summed E-state index contributed by atoms with van der Waals surface area (Å²) in [6.45, 7) is 0.751. The lowest BCUT2D eigenvalue weighted by Gasteiger charge is -2.26. The fourth-order valence-corrected chi connectivity index (χ4v) is 3.02. The topological polar surface area (TPSA) is 156 Å². The number of carbonyl (C=O) groups is 1. The Morgan fingerprint density at radius 2 is 1.43 bits per heavy atom. The summed E-state index contributed by atoms with van der Waals surface area (Å²) in [5.74, 6) is -1.75. The lowest BCUT2D eigenvalue weighted by atomic mass is 10.4. The van der Waals surface area contributed by atoms with Gasteiger partial charge in [0.2, 0.25) is 0 Å². The van der Waals surface area contributed by atoms with Crippen LogP contribution in [-0.2, 0) is 13.9 Å². The van der Waals surface area contributed by atoms with Crippen molar-refractivity contribution in [2.24, 2.45) is 0 Å². The van der Waals surface area contributed by atoms with E-state index in [1.165, 1.54) is 0 Å². The van der Waals surface area contributed by atoms with Crippen LogP contribution < -0.4 is 0 Å². The van der Waals surface area contributed by atoms with E-state index in [9.17, 15) is 13.9 Å². The van der Waals surface area contributed by atoms with Crippen LogP contribution in [0.3, 0.4) is 0 Å². The van der Waals surface area contributed by atoms with Crippen LogP contribution in [0.15, 0.2) is 0 Å². The largest absolute Gasteiger partial charge is 0.480 e. The molecule has 0 heterocycles. The highest BCUT2D eigenvalue weighted by Crippen LogP contribution is 2.59. The summed E-state index contributed by atoms with van der Waals surface area (Å²) in [4.78, 5) is 44.4. The quantitative estimate of drug-likeness (QED) is 0.392. The Balaban J connectivity index is 5.25. The fourth-order valence-electron chi connectivity index (χ4n) is 0.702. The number of aliphatic carboxylic acids is 1. The molecule has 0 aromatic rings. The van der Waals surface area contributed by atoms with Gasteiger partial charge in [-0.2, -0.15) is 0 Å². The van der Waals surface area contributed by atoms with Crippen LogP contribution in [-0.4, -0.2) is 41.1 Å². The maximum absolute atomic E-state index is 10.6. The summed E-state index contributed by atoms with van der Waals surface area (Å²) in [7, 11) is -10.6. The predicted octanol–water partition coefficient (Wildman–Crippen LogP) is -1.05. The monoisotopic (exact) mass is 249 g/mol. The molecule has 0 spiro atoms. The number of carboxylic acid groups (broad SMARTS) is 1. The van der Waals surface area contributed by atoms with Crippen LogP contribution >= 0.6 is 15.5 Å². The molecule has 0 fully saturated rings. The van der Waals surface area contributed by atoms with E-state index in [0.29, 0.717) is 0 Å². The number of carboxylic acids is 1. The molecule has 0 aliphatic heterocycles. The van der Waals surface area contributed by atoms with E-state index in [4.69, 9.17) is 24.7 Å². The van der Waals surface area contributed by atoms with E-state index in [1.807, 2.05) is 0 Å². The van der Waals surface area contributed by atoms with Crippen LogP contribution in [0.5, 0.6) is 0 Å². The van der Waals surface area contributed by atoms with E-state index in [0.717, 1.165) is 6.92 Å². The first kappa shape index (κ1) is 13.7. The molecule has 84 valence electrons. The molecule has 14 heavy (non-hydrogen) atoms. The first-order chi connectivity index (χ1) is 5.98. The van der Waals surface area contributed by atoms with Crippen molar-refractivity contribution in [3.8, 4) is 0 Å². The minimum Gasteiger partial charge on any atom is -0.480 e. The molecule has 0 aliphatic rings. The van der Waals surface area contributed by atoms with Crippen molar-refractivity contribution in [3.63, 3.8) is 0 Å². The SMILES string of the molecule is C[C@@H](C(=O)O)N(P(=O)(O)O)P(=O)(O)O. The van der Waals surface area contributed by atoms with Gasteiger partial charge < -0.3 is 24.7 Å². The molecule has 1 atom stereocenters. The Hall–Kier alpha value is -0.270. The number of rotatable bonds is 4. The van der Waals surface area contributed by atoms with Gasteiger partial charge in [-0.25, -0.2) is 9.13 Å². The van der Waals surface area contributed by atoms with E-state index in [-0.39, 0.29) is 0 Å². The Labute approximate surface area is 78.4 Å². The van der Waals surface area contributed by atoms with Crippen LogP contribution in [0.1, 0.15) is 6.92 Å². The highest BCUT2D eigenvalue weighted by molar-refractivity contribution is 7.65. The molecule has 0 saturated heterocycles. The molecular weight excluding hydrogens is 240 g/mol. The second kappa shape index (κ2) is 4.08. The minimum atomic E-state index is -5.32. The van der Waals surface area contributed by atoms with E-state index in [1.54, 1.807) is 0 Å². The zero-order chi connectivity index (χ0) is 11.7. The molecule has 11 heteroatoms. The Bertz CT molecular complexity index is 293. The van der Waals surface area contributed by atoms with Crippen molar-refractivity contribution in [1.29, 1.82) is 0 Å². The van der Waals surface area contributed by atoms with Gasteiger partial charge in [0.05, 0.1) is 0 Å².